The van der Waals surface area contributed by atoms with Crippen molar-refractivity contribution in [1.29, 1.82) is 0 Å². The van der Waals surface area contributed by atoms with Gasteiger partial charge < -0.3 is 19.5 Å². The number of carbonyl (C=O) groups is 1. The van der Waals surface area contributed by atoms with Crippen LogP contribution < -0.4 is 14.8 Å². The molecular weight excluding hydrogens is 398 g/mol. The van der Waals surface area contributed by atoms with Gasteiger partial charge in [-0.05, 0) is 49.2 Å². The molecule has 3 atom stereocenters. The Morgan fingerprint density at radius 3 is 2.77 bits per heavy atom. The van der Waals surface area contributed by atoms with E-state index < -0.39 is 0 Å². The van der Waals surface area contributed by atoms with Crippen molar-refractivity contribution in [3.8, 4) is 11.5 Å². The quantitative estimate of drug-likeness (QED) is 0.724. The first-order valence-corrected chi connectivity index (χ1v) is 9.53. The number of benzene rings is 2. The number of rotatable bonds is 2. The zero-order valence-electron chi connectivity index (χ0n) is 14.3. The van der Waals surface area contributed by atoms with Gasteiger partial charge in [-0.3, -0.25) is 4.79 Å². The summed E-state index contributed by atoms with van der Waals surface area (Å²) in [6.45, 7) is 2.58. The standard InChI is InChI=1S/C20H18BrNO4/c1-10(23)11-2-3-16-14(6-11)20-12(4-5-24-20)19(22-16)13-7-17-18(8-15(13)21)26-9-25-17/h2-3,6-8,12,19-20,22H,4-5,9H2,1H3/t12-,19?,20?/m1/s1. The van der Waals surface area contributed by atoms with Gasteiger partial charge >= 0.3 is 0 Å². The Morgan fingerprint density at radius 1 is 1.15 bits per heavy atom. The summed E-state index contributed by atoms with van der Waals surface area (Å²) < 4.78 is 18.1. The van der Waals surface area contributed by atoms with Gasteiger partial charge in [-0.2, -0.15) is 0 Å². The number of halogens is 1. The zero-order valence-corrected chi connectivity index (χ0v) is 15.8. The molecule has 2 unspecified atom stereocenters. The third-order valence-corrected chi connectivity index (χ3v) is 6.15. The fraction of sp³-hybridized carbons (Fsp3) is 0.350. The minimum Gasteiger partial charge on any atom is -0.454 e. The molecule has 0 aromatic heterocycles. The minimum atomic E-state index is -0.00660. The van der Waals surface area contributed by atoms with Crippen molar-refractivity contribution >= 4 is 27.4 Å². The second-order valence-corrected chi connectivity index (χ2v) is 7.81. The van der Waals surface area contributed by atoms with E-state index >= 15 is 0 Å². The lowest BCUT2D eigenvalue weighted by atomic mass is 9.80. The van der Waals surface area contributed by atoms with Gasteiger partial charge in [0.2, 0.25) is 6.79 Å². The van der Waals surface area contributed by atoms with Gasteiger partial charge in [0.1, 0.15) is 0 Å². The monoisotopic (exact) mass is 415 g/mol. The molecule has 3 aliphatic rings. The van der Waals surface area contributed by atoms with Gasteiger partial charge in [0.15, 0.2) is 17.3 Å². The minimum absolute atomic E-state index is 0.00660. The highest BCUT2D eigenvalue weighted by Crippen LogP contribution is 2.52. The highest BCUT2D eigenvalue weighted by Gasteiger charge is 2.42. The lowest BCUT2D eigenvalue weighted by molar-refractivity contribution is 0.0827. The molecule has 1 saturated heterocycles. The molecule has 2 aromatic rings. The predicted octanol–water partition coefficient (Wildman–Crippen LogP) is 4.62. The molecule has 134 valence electrons. The zero-order chi connectivity index (χ0) is 17.8. The number of fused-ring (bicyclic) bond motifs is 4. The Hall–Kier alpha value is -2.05. The number of ketones is 1. The Balaban J connectivity index is 1.59. The summed E-state index contributed by atoms with van der Waals surface area (Å²) >= 11 is 3.69. The van der Waals surface area contributed by atoms with Crippen LogP contribution in [0.1, 0.15) is 47.0 Å². The molecule has 1 N–H and O–H groups in total. The number of hydrogen-bond acceptors (Lipinski definition) is 5. The largest absolute Gasteiger partial charge is 0.454 e. The molecule has 3 heterocycles. The van der Waals surface area contributed by atoms with Crippen molar-refractivity contribution in [3.05, 3.63) is 51.5 Å². The lowest BCUT2D eigenvalue weighted by Crippen LogP contribution is -2.29. The second kappa shape index (κ2) is 5.99. The molecule has 2 aromatic carbocycles. The van der Waals surface area contributed by atoms with Crippen LogP contribution in [0.15, 0.2) is 34.8 Å². The van der Waals surface area contributed by atoms with Crippen molar-refractivity contribution in [2.24, 2.45) is 5.92 Å². The number of carbonyl (C=O) groups excluding carboxylic acids is 1. The molecular formula is C20H18BrNO4. The van der Waals surface area contributed by atoms with Crippen molar-refractivity contribution in [2.75, 3.05) is 18.7 Å². The highest BCUT2D eigenvalue weighted by atomic mass is 79.9. The van der Waals surface area contributed by atoms with Crippen LogP contribution in [0.25, 0.3) is 0 Å². The highest BCUT2D eigenvalue weighted by molar-refractivity contribution is 9.10. The molecule has 26 heavy (non-hydrogen) atoms. The van der Waals surface area contributed by atoms with Crippen LogP contribution in [0, 0.1) is 5.92 Å². The van der Waals surface area contributed by atoms with Gasteiger partial charge in [-0.15, -0.1) is 0 Å². The average molecular weight is 416 g/mol. The van der Waals surface area contributed by atoms with E-state index in [9.17, 15) is 4.79 Å². The molecule has 3 aliphatic heterocycles. The molecule has 0 bridgehead atoms. The van der Waals surface area contributed by atoms with E-state index in [0.29, 0.717) is 5.92 Å². The third-order valence-electron chi connectivity index (χ3n) is 5.47. The molecule has 0 saturated carbocycles. The lowest BCUT2D eigenvalue weighted by Gasteiger charge is -2.37. The predicted molar refractivity (Wildman–Crippen MR) is 99.9 cm³/mol. The van der Waals surface area contributed by atoms with Crippen molar-refractivity contribution in [3.63, 3.8) is 0 Å². The van der Waals surface area contributed by atoms with E-state index in [1.165, 1.54) is 0 Å². The number of hydrogen-bond donors (Lipinski definition) is 1. The molecule has 5 nitrogen and oxygen atoms in total. The Kier molecular flexibility index (Phi) is 3.72. The first-order chi connectivity index (χ1) is 12.6. The van der Waals surface area contributed by atoms with Crippen LogP contribution >= 0.6 is 15.9 Å². The fourth-order valence-corrected chi connectivity index (χ4v) is 4.74. The number of anilines is 1. The third kappa shape index (κ3) is 2.43. The maximum Gasteiger partial charge on any atom is 0.231 e. The summed E-state index contributed by atoms with van der Waals surface area (Å²) in [7, 11) is 0. The van der Waals surface area contributed by atoms with Crippen LogP contribution in [-0.2, 0) is 4.74 Å². The first kappa shape index (κ1) is 16.1. The summed E-state index contributed by atoms with van der Waals surface area (Å²) in [6.07, 6.45) is 0.959. The number of ether oxygens (including phenoxy) is 3. The normalized spacial score (nSPS) is 25.4. The van der Waals surface area contributed by atoms with Crippen LogP contribution in [0.5, 0.6) is 11.5 Å². The van der Waals surface area contributed by atoms with Crippen LogP contribution in [0.2, 0.25) is 0 Å². The van der Waals surface area contributed by atoms with E-state index in [1.807, 2.05) is 30.3 Å². The summed E-state index contributed by atoms with van der Waals surface area (Å²) in [5.74, 6) is 1.91. The van der Waals surface area contributed by atoms with Gasteiger partial charge in [0.05, 0.1) is 12.1 Å². The van der Waals surface area contributed by atoms with E-state index in [-0.39, 0.29) is 24.7 Å². The maximum absolute atomic E-state index is 11.8. The van der Waals surface area contributed by atoms with Crippen LogP contribution in [-0.4, -0.2) is 19.2 Å². The number of nitrogens with one attached hydrogen (secondary N) is 1. The summed E-state index contributed by atoms with van der Waals surface area (Å²) in [6, 6.07) is 9.94. The Morgan fingerprint density at radius 2 is 1.96 bits per heavy atom. The van der Waals surface area contributed by atoms with Crippen LogP contribution in [0.4, 0.5) is 5.69 Å². The molecule has 0 amide bonds. The number of Topliss-reactive ketones (excluding diaryl/α,β-unsaturated/α-hetero) is 1. The van der Waals surface area contributed by atoms with Crippen molar-refractivity contribution in [2.45, 2.75) is 25.5 Å². The van der Waals surface area contributed by atoms with Gasteiger partial charge in [0.25, 0.3) is 0 Å². The topological polar surface area (TPSA) is 56.8 Å². The average Bonchev–Trinajstić information content (AvgIpc) is 3.29. The van der Waals surface area contributed by atoms with E-state index in [4.69, 9.17) is 14.2 Å². The maximum atomic E-state index is 11.8. The SMILES string of the molecule is CC(=O)c1ccc2c(c1)C1OCC[C@@H]1C(c1cc3c(cc1Br)OCO3)N2. The molecule has 5 rings (SSSR count). The fourth-order valence-electron chi connectivity index (χ4n) is 4.17. The Labute approximate surface area is 159 Å². The van der Waals surface area contributed by atoms with Gasteiger partial charge in [-0.25, -0.2) is 0 Å². The van der Waals surface area contributed by atoms with Crippen LogP contribution in [0.3, 0.4) is 0 Å². The Bertz CT molecular complexity index is 913. The van der Waals surface area contributed by atoms with E-state index in [2.05, 4.69) is 21.2 Å². The molecule has 6 heteroatoms. The summed E-state index contributed by atoms with van der Waals surface area (Å²) in [5.41, 5.74) is 3.96. The summed E-state index contributed by atoms with van der Waals surface area (Å²) in [5, 5.41) is 3.67. The molecule has 0 spiro atoms. The van der Waals surface area contributed by atoms with Gasteiger partial charge in [-0.1, -0.05) is 15.9 Å². The van der Waals surface area contributed by atoms with E-state index in [0.717, 1.165) is 51.4 Å². The smallest absolute Gasteiger partial charge is 0.231 e. The second-order valence-electron chi connectivity index (χ2n) is 6.95. The molecule has 0 radical (unpaired) electrons. The van der Waals surface area contributed by atoms with Crippen molar-refractivity contribution < 1.29 is 19.0 Å². The molecule has 0 aliphatic carbocycles. The van der Waals surface area contributed by atoms with Gasteiger partial charge in [0, 0.05) is 33.8 Å². The van der Waals surface area contributed by atoms with Crippen molar-refractivity contribution in [1.82, 2.24) is 0 Å². The summed E-state index contributed by atoms with van der Waals surface area (Å²) in [4.78, 5) is 11.8. The molecule has 1 fully saturated rings. The first-order valence-electron chi connectivity index (χ1n) is 8.74. The van der Waals surface area contributed by atoms with E-state index in [1.54, 1.807) is 6.92 Å².